The molecule has 2 N–H and O–H groups in total. The molecule has 230 valence electrons. The molecule has 3 aromatic carbocycles. The van der Waals surface area contributed by atoms with Gasteiger partial charge in [-0.3, -0.25) is 19.3 Å². The molecular weight excluding hydrogens is 611 g/mol. The van der Waals surface area contributed by atoms with Crippen LogP contribution in [-0.4, -0.2) is 62.0 Å². The lowest BCUT2D eigenvalue weighted by molar-refractivity contribution is -0.151. The van der Waals surface area contributed by atoms with E-state index in [-0.39, 0.29) is 49.1 Å². The number of fused-ring (bicyclic) bond motifs is 1. The van der Waals surface area contributed by atoms with Gasteiger partial charge in [0.2, 0.25) is 0 Å². The third-order valence-electron chi connectivity index (χ3n) is 7.66. The minimum Gasteiger partial charge on any atom is -0.456 e. The van der Waals surface area contributed by atoms with Crippen molar-refractivity contribution in [2.45, 2.75) is 32.8 Å². The molecule has 0 aliphatic carbocycles. The molecule has 3 aromatic rings. The number of nitrogens with zero attached hydrogens (tertiary/aromatic N) is 2. The van der Waals surface area contributed by atoms with E-state index in [0.29, 0.717) is 46.9 Å². The number of piperazine rings is 1. The van der Waals surface area contributed by atoms with Crippen molar-refractivity contribution >= 4 is 65.6 Å². The second-order valence-corrected chi connectivity index (χ2v) is 11.0. The molecule has 1 fully saturated rings. The highest BCUT2D eigenvalue weighted by Crippen LogP contribution is 2.38. The summed E-state index contributed by atoms with van der Waals surface area (Å²) in [7, 11) is 0. The summed E-state index contributed by atoms with van der Waals surface area (Å²) in [6.07, 6.45) is 0.762. The van der Waals surface area contributed by atoms with E-state index in [1.54, 1.807) is 35.2 Å². The van der Waals surface area contributed by atoms with Gasteiger partial charge in [-0.15, -0.1) is 24.8 Å². The van der Waals surface area contributed by atoms with Gasteiger partial charge in [0.15, 0.2) is 0 Å². The molecule has 2 aliphatic rings. The molecule has 0 bridgehead atoms. The van der Waals surface area contributed by atoms with Crippen molar-refractivity contribution < 1.29 is 19.1 Å². The first-order valence-electron chi connectivity index (χ1n) is 14.0. The maximum atomic E-state index is 13.9. The number of hydrogen-bond acceptors (Lipinski definition) is 6. The third kappa shape index (κ3) is 8.28. The number of rotatable bonds is 6. The fourth-order valence-corrected chi connectivity index (χ4v) is 5.65. The molecule has 11 heteroatoms. The molecule has 2 aliphatic heterocycles. The molecule has 43 heavy (non-hydrogen) atoms. The van der Waals surface area contributed by atoms with Crippen molar-refractivity contribution in [3.63, 3.8) is 0 Å². The van der Waals surface area contributed by atoms with Crippen molar-refractivity contribution in [3.8, 4) is 0 Å². The van der Waals surface area contributed by atoms with Gasteiger partial charge in [-0.2, -0.15) is 0 Å². The number of nitrogens with one attached hydrogen (secondary N) is 2. The second kappa shape index (κ2) is 15.5. The maximum absolute atomic E-state index is 13.9. The average molecular weight is 648 g/mol. The van der Waals surface area contributed by atoms with Crippen LogP contribution >= 0.6 is 36.4 Å². The number of halogens is 3. The molecule has 1 atom stereocenters. The van der Waals surface area contributed by atoms with E-state index in [1.165, 1.54) is 0 Å². The van der Waals surface area contributed by atoms with E-state index >= 15 is 0 Å². The minimum absolute atomic E-state index is 0. The van der Waals surface area contributed by atoms with E-state index in [9.17, 15) is 14.4 Å². The first kappa shape index (κ1) is 34.4. The number of aryl methyl sites for hydroxylation is 2. The number of carbonyl (C=O) groups excluding carboxylic acids is 3. The number of carbonyl (C=O) groups is 3. The zero-order valence-corrected chi connectivity index (χ0v) is 26.6. The monoisotopic (exact) mass is 646 g/mol. The summed E-state index contributed by atoms with van der Waals surface area (Å²) in [6, 6.07) is 18.1. The highest BCUT2D eigenvalue weighted by molar-refractivity contribution is 6.30. The SMILES string of the molecule is Cc1ccccc1C(=O)Nc1ccc(C(=O)N2CCCC(OC(=O)CN3CCNCC3)c3cc(Cl)ccc32)c(C)c1.Cl.Cl. The fourth-order valence-electron chi connectivity index (χ4n) is 5.47. The van der Waals surface area contributed by atoms with Crippen LogP contribution in [-0.2, 0) is 9.53 Å². The molecule has 0 saturated carbocycles. The smallest absolute Gasteiger partial charge is 0.320 e. The van der Waals surface area contributed by atoms with Gasteiger partial charge in [0.05, 0.1) is 12.2 Å². The summed E-state index contributed by atoms with van der Waals surface area (Å²) in [5, 5.41) is 6.74. The predicted molar refractivity (Wildman–Crippen MR) is 175 cm³/mol. The van der Waals surface area contributed by atoms with Crippen LogP contribution in [0.15, 0.2) is 60.7 Å². The molecule has 0 radical (unpaired) electrons. The largest absolute Gasteiger partial charge is 0.456 e. The van der Waals surface area contributed by atoms with Gasteiger partial charge in [-0.25, -0.2) is 0 Å². The molecule has 5 rings (SSSR count). The van der Waals surface area contributed by atoms with Gasteiger partial charge in [0, 0.05) is 60.1 Å². The Labute approximate surface area is 269 Å². The van der Waals surface area contributed by atoms with Crippen LogP contribution in [0.2, 0.25) is 5.02 Å². The van der Waals surface area contributed by atoms with Gasteiger partial charge in [0.25, 0.3) is 11.8 Å². The predicted octanol–water partition coefficient (Wildman–Crippen LogP) is 5.98. The van der Waals surface area contributed by atoms with Crippen molar-refractivity contribution in [1.82, 2.24) is 10.2 Å². The van der Waals surface area contributed by atoms with Crippen molar-refractivity contribution in [1.29, 1.82) is 0 Å². The second-order valence-electron chi connectivity index (χ2n) is 10.6. The van der Waals surface area contributed by atoms with Crippen LogP contribution in [0, 0.1) is 13.8 Å². The standard InChI is InChI=1S/C32H35ClN4O4.2ClH/c1-21-6-3-4-7-25(21)31(39)35-24-10-11-26(22(2)18-24)32(40)37-15-5-8-29(27-19-23(33)9-12-28(27)37)41-30(38)20-36-16-13-34-14-17-36;;/h3-4,6-7,9-12,18-19,29,34H,5,8,13-17,20H2,1-2H3,(H,35,39);2*1H. The Balaban J connectivity index is 0.00000253. The molecule has 8 nitrogen and oxygen atoms in total. The van der Waals surface area contributed by atoms with Crippen LogP contribution in [0.25, 0.3) is 0 Å². The van der Waals surface area contributed by atoms with E-state index in [2.05, 4.69) is 15.5 Å². The Morgan fingerprint density at radius 1 is 0.930 bits per heavy atom. The number of esters is 1. The Hall–Kier alpha value is -3.14. The minimum atomic E-state index is -0.489. The van der Waals surface area contributed by atoms with E-state index in [0.717, 1.165) is 42.9 Å². The zero-order valence-electron chi connectivity index (χ0n) is 24.2. The van der Waals surface area contributed by atoms with E-state index in [1.807, 2.05) is 44.2 Å². The van der Waals surface area contributed by atoms with Crippen molar-refractivity contribution in [2.24, 2.45) is 0 Å². The van der Waals surface area contributed by atoms with Crippen molar-refractivity contribution in [2.75, 3.05) is 49.5 Å². The Morgan fingerprint density at radius 2 is 1.67 bits per heavy atom. The maximum Gasteiger partial charge on any atom is 0.320 e. The quantitative estimate of drug-likeness (QED) is 0.320. The summed E-state index contributed by atoms with van der Waals surface area (Å²) >= 11 is 6.38. The van der Waals surface area contributed by atoms with Gasteiger partial charge >= 0.3 is 5.97 Å². The lowest BCUT2D eigenvalue weighted by atomic mass is 10.0. The summed E-state index contributed by atoms with van der Waals surface area (Å²) in [4.78, 5) is 43.4. The molecule has 0 spiro atoms. The summed E-state index contributed by atoms with van der Waals surface area (Å²) in [5.74, 6) is -0.630. The molecule has 2 heterocycles. The lowest BCUT2D eigenvalue weighted by Crippen LogP contribution is -2.45. The molecule has 0 aromatic heterocycles. The Morgan fingerprint density at radius 3 is 2.40 bits per heavy atom. The molecule has 1 unspecified atom stereocenters. The van der Waals surface area contributed by atoms with Gasteiger partial charge in [-0.05, 0) is 80.3 Å². The lowest BCUT2D eigenvalue weighted by Gasteiger charge is -2.28. The van der Waals surface area contributed by atoms with E-state index in [4.69, 9.17) is 16.3 Å². The normalized spacial score (nSPS) is 16.5. The molecule has 2 amide bonds. The van der Waals surface area contributed by atoms with Crippen LogP contribution in [0.4, 0.5) is 11.4 Å². The first-order valence-corrected chi connectivity index (χ1v) is 14.4. The third-order valence-corrected chi connectivity index (χ3v) is 7.90. The van der Waals surface area contributed by atoms with Crippen molar-refractivity contribution in [3.05, 3.63) is 93.5 Å². The van der Waals surface area contributed by atoms with Crippen LogP contribution < -0.4 is 15.5 Å². The topological polar surface area (TPSA) is 91.0 Å². The summed E-state index contributed by atoms with van der Waals surface area (Å²) < 4.78 is 5.97. The molecule has 1 saturated heterocycles. The fraction of sp³-hybridized carbons (Fsp3) is 0.344. The number of benzene rings is 3. The Kier molecular flexibility index (Phi) is 12.4. The highest BCUT2D eigenvalue weighted by atomic mass is 35.5. The van der Waals surface area contributed by atoms with Crippen LogP contribution in [0.5, 0.6) is 0 Å². The number of ether oxygens (including phenoxy) is 1. The number of anilines is 2. The van der Waals surface area contributed by atoms with Gasteiger partial charge in [0.1, 0.15) is 6.10 Å². The molecular formula is C32H37Cl3N4O4. The summed E-state index contributed by atoms with van der Waals surface area (Å²) in [5.41, 5.74) is 4.82. The Bertz CT molecular complexity index is 1460. The number of amides is 2. The van der Waals surface area contributed by atoms with E-state index < -0.39 is 6.10 Å². The average Bonchev–Trinajstić information content (AvgIpc) is 3.12. The number of hydrogen-bond donors (Lipinski definition) is 2. The van der Waals surface area contributed by atoms with Crippen LogP contribution in [0.1, 0.15) is 56.4 Å². The summed E-state index contributed by atoms with van der Waals surface area (Å²) in [6.45, 7) is 7.78. The van der Waals surface area contributed by atoms with Crippen LogP contribution in [0.3, 0.4) is 0 Å². The van der Waals surface area contributed by atoms with Gasteiger partial charge < -0.3 is 20.3 Å². The first-order chi connectivity index (χ1) is 19.8. The zero-order chi connectivity index (χ0) is 28.9. The van der Waals surface area contributed by atoms with Gasteiger partial charge in [-0.1, -0.05) is 29.8 Å². The highest BCUT2D eigenvalue weighted by Gasteiger charge is 2.30.